The summed E-state index contributed by atoms with van der Waals surface area (Å²) in [4.78, 5) is 191. The average molecular weight is 1210 g/mol. The third kappa shape index (κ3) is 24.5. The zero-order chi connectivity index (χ0) is 63.5. The van der Waals surface area contributed by atoms with Crippen molar-refractivity contribution in [2.75, 3.05) is 31.7 Å². The maximum Gasteiger partial charge on any atom is 0.326 e. The molecular formula is C51H84N16O16S. The highest BCUT2D eigenvalue weighted by Gasteiger charge is 2.41. The molecule has 13 amide bonds. The Morgan fingerprint density at radius 2 is 1.25 bits per heavy atom. The number of carboxylic acids is 1. The van der Waals surface area contributed by atoms with Crippen molar-refractivity contribution in [3.63, 3.8) is 0 Å². The van der Waals surface area contributed by atoms with Crippen LogP contribution in [0, 0.1) is 11.8 Å². The lowest BCUT2D eigenvalue weighted by atomic mass is 9.98. The van der Waals surface area contributed by atoms with Crippen molar-refractivity contribution in [3.8, 4) is 0 Å². The molecule has 1 aliphatic heterocycles. The van der Waals surface area contributed by atoms with Crippen LogP contribution in [0.1, 0.15) is 106 Å². The summed E-state index contributed by atoms with van der Waals surface area (Å²) in [5, 5.41) is 44.2. The molecule has 2 rings (SSSR count). The Labute approximate surface area is 490 Å². The number of rotatable bonds is 37. The molecule has 1 fully saturated rings. The molecule has 33 heteroatoms. The van der Waals surface area contributed by atoms with Gasteiger partial charge in [0.2, 0.25) is 76.8 Å². The Kier molecular flexibility index (Phi) is 30.9. The number of nitrogens with two attached hydrogens (primary N) is 3. The van der Waals surface area contributed by atoms with Crippen molar-refractivity contribution in [1.29, 1.82) is 0 Å². The number of carbonyl (C=O) groups is 14. The third-order valence-electron chi connectivity index (χ3n) is 13.3. The van der Waals surface area contributed by atoms with Crippen molar-refractivity contribution in [1.82, 2.24) is 68.0 Å². The molecule has 12 atom stereocenters. The summed E-state index contributed by atoms with van der Waals surface area (Å²) in [6.07, 6.45) is 3.85. The molecule has 0 aliphatic carbocycles. The number of aliphatic carboxylic acids is 1. The first kappa shape index (κ1) is 72.2. The van der Waals surface area contributed by atoms with Crippen LogP contribution in [-0.4, -0.2) is 206 Å². The Hall–Kier alpha value is -7.94. The second-order valence-electron chi connectivity index (χ2n) is 20.8. The fourth-order valence-corrected chi connectivity index (χ4v) is 8.83. The van der Waals surface area contributed by atoms with Crippen molar-refractivity contribution in [2.45, 2.75) is 173 Å². The molecule has 0 aromatic carbocycles. The first-order valence-electron chi connectivity index (χ1n) is 27.4. The number of primary amides is 2. The fraction of sp³-hybridized carbons (Fsp3) is 0.667. The van der Waals surface area contributed by atoms with Gasteiger partial charge in [-0.15, -0.1) is 0 Å². The molecule has 32 nitrogen and oxygen atoms in total. The van der Waals surface area contributed by atoms with E-state index >= 15 is 0 Å². The number of thioether (sulfide) groups is 1. The van der Waals surface area contributed by atoms with Gasteiger partial charge in [-0.25, -0.2) is 9.78 Å². The van der Waals surface area contributed by atoms with Crippen LogP contribution in [0.3, 0.4) is 0 Å². The van der Waals surface area contributed by atoms with Crippen LogP contribution in [0.4, 0.5) is 0 Å². The number of nitrogens with one attached hydrogen (secondary N) is 11. The Balaban J connectivity index is 2.16. The van der Waals surface area contributed by atoms with Gasteiger partial charge >= 0.3 is 5.97 Å². The van der Waals surface area contributed by atoms with Crippen LogP contribution in [0.5, 0.6) is 0 Å². The zero-order valence-corrected chi connectivity index (χ0v) is 49.3. The van der Waals surface area contributed by atoms with E-state index in [9.17, 15) is 77.3 Å². The number of aliphatic hydroxyl groups is 1. The maximum absolute atomic E-state index is 14.2. The molecule has 0 spiro atoms. The first-order chi connectivity index (χ1) is 39.4. The summed E-state index contributed by atoms with van der Waals surface area (Å²) in [6.45, 7) is 9.01. The second kappa shape index (κ2) is 35.9. The molecule has 0 saturated carbocycles. The molecule has 19 N–H and O–H groups in total. The molecule has 470 valence electrons. The molecule has 0 bridgehead atoms. The van der Waals surface area contributed by atoms with Gasteiger partial charge in [-0.3, -0.25) is 62.3 Å². The van der Waals surface area contributed by atoms with E-state index in [1.54, 1.807) is 34.0 Å². The van der Waals surface area contributed by atoms with E-state index in [1.807, 2.05) is 0 Å². The lowest BCUT2D eigenvalue weighted by Gasteiger charge is -2.30. The number of H-pyrrole nitrogens is 1. The lowest BCUT2D eigenvalue weighted by molar-refractivity contribution is -0.144. The number of carbonyl (C=O) groups excluding carboxylic acids is 13. The van der Waals surface area contributed by atoms with E-state index in [0.29, 0.717) is 17.9 Å². The fourth-order valence-electron chi connectivity index (χ4n) is 8.36. The minimum atomic E-state index is -1.66. The summed E-state index contributed by atoms with van der Waals surface area (Å²) in [7, 11) is 0. The summed E-state index contributed by atoms with van der Waals surface area (Å²) in [5.74, 6) is -13.1. The van der Waals surface area contributed by atoms with E-state index in [1.165, 1.54) is 45.1 Å². The highest BCUT2D eigenvalue weighted by atomic mass is 32.2. The number of hydrogen-bond donors (Lipinski definition) is 16. The van der Waals surface area contributed by atoms with Gasteiger partial charge in [0.05, 0.1) is 31.9 Å². The number of imidazole rings is 1. The highest BCUT2D eigenvalue weighted by molar-refractivity contribution is 7.98. The Morgan fingerprint density at radius 3 is 1.76 bits per heavy atom. The van der Waals surface area contributed by atoms with Crippen molar-refractivity contribution < 1.29 is 77.3 Å². The topological polar surface area (TPSA) is 510 Å². The minimum absolute atomic E-state index is 0.0263. The van der Waals surface area contributed by atoms with E-state index in [2.05, 4.69) is 63.1 Å². The van der Waals surface area contributed by atoms with Crippen LogP contribution < -0.4 is 70.4 Å². The Bertz CT molecular complexity index is 2480. The number of hydrogen-bond acceptors (Lipinski definition) is 18. The SMILES string of the molecule is CC[C@H](C)[C@H](NC(=O)[C@H](Cc1cnc[nH]1)NC(=O)[C@H](CO)NC(=O)CNC(=O)[C@H](CC(C)C)NC(=O)[C@@H]1CCCN1C(=O)[C@H](CC(N)=O)NC(=O)[C@H](C)NC(=O)[C@H](CCSC)NC(=O)[C@H](C)NC(=O)[C@H](CCC(N)=O)NC(=O)[C@H](C)N)C(=O)O. The predicted octanol–water partition coefficient (Wildman–Crippen LogP) is -6.13. The maximum atomic E-state index is 14.2. The average Bonchev–Trinajstić information content (AvgIpc) is 4.31. The van der Waals surface area contributed by atoms with Gasteiger partial charge in [0.25, 0.3) is 0 Å². The van der Waals surface area contributed by atoms with Crippen LogP contribution in [0.2, 0.25) is 0 Å². The lowest BCUT2D eigenvalue weighted by Crippen LogP contribution is -2.60. The van der Waals surface area contributed by atoms with Crippen molar-refractivity contribution in [2.24, 2.45) is 29.0 Å². The van der Waals surface area contributed by atoms with Crippen LogP contribution >= 0.6 is 11.8 Å². The van der Waals surface area contributed by atoms with Crippen LogP contribution in [0.15, 0.2) is 12.5 Å². The number of carboxylic acid groups (broad SMARTS) is 1. The minimum Gasteiger partial charge on any atom is -0.480 e. The van der Waals surface area contributed by atoms with Gasteiger partial charge in [-0.1, -0.05) is 34.1 Å². The first-order valence-corrected chi connectivity index (χ1v) is 28.8. The summed E-state index contributed by atoms with van der Waals surface area (Å²) < 4.78 is 0. The molecular weight excluding hydrogens is 1120 g/mol. The number of amides is 13. The third-order valence-corrected chi connectivity index (χ3v) is 14.0. The molecule has 1 saturated heterocycles. The normalized spacial score (nSPS) is 16.8. The number of nitrogens with zero attached hydrogens (tertiary/aromatic N) is 2. The molecule has 1 aliphatic rings. The molecule has 0 radical (unpaired) electrons. The standard InChI is InChI=1S/C51H84N16O16S/c1-9-25(4)40(51(82)83)66-47(78)33(18-29-20-55-23-57-29)63-48(79)35(22-68)60-39(71)21-56-44(75)32(17-24(2)3)64-49(80)36-11-10-15-67(36)50(81)34(19-38(54)70)65-43(74)28(7)59-46(77)31(14-16-84-8)62-42(73)27(6)58-45(76)30(12-13-37(53)69)61-41(72)26(5)52/h20,23-28,30-36,40,68H,9-19,21-22,52H2,1-8H3,(H2,53,69)(H2,54,70)(H,55,57)(H,56,75)(H,58,76)(H,59,77)(H,60,71)(H,61,72)(H,62,73)(H,63,79)(H,64,80)(H,65,74)(H,66,78)(H,82,83)/t25-,26-,27-,28-,30-,31-,32-,33-,34-,35-,36-,40-/m0/s1. The molecule has 0 unspecified atom stereocenters. The second-order valence-corrected chi connectivity index (χ2v) is 21.8. The number of likely N-dealkylation sites (tertiary alicyclic amines) is 1. The van der Waals surface area contributed by atoms with Gasteiger partial charge in [0, 0.05) is 31.3 Å². The quantitative estimate of drug-likeness (QED) is 0.0295. The summed E-state index contributed by atoms with van der Waals surface area (Å²) in [5.41, 5.74) is 16.7. The monoisotopic (exact) mass is 1210 g/mol. The summed E-state index contributed by atoms with van der Waals surface area (Å²) >= 11 is 1.33. The molecule has 1 aromatic rings. The van der Waals surface area contributed by atoms with Crippen LogP contribution in [0.25, 0.3) is 0 Å². The van der Waals surface area contributed by atoms with Gasteiger partial charge in [0.15, 0.2) is 0 Å². The number of aromatic nitrogens is 2. The van der Waals surface area contributed by atoms with E-state index < -0.39 is 175 Å². The van der Waals surface area contributed by atoms with E-state index in [-0.39, 0.29) is 57.4 Å². The molecule has 2 heterocycles. The van der Waals surface area contributed by atoms with E-state index in [0.717, 1.165) is 4.90 Å². The zero-order valence-electron chi connectivity index (χ0n) is 48.5. The Morgan fingerprint density at radius 1 is 0.690 bits per heavy atom. The van der Waals surface area contributed by atoms with Crippen molar-refractivity contribution >= 4 is 94.5 Å². The molecule has 1 aromatic heterocycles. The number of aliphatic hydroxyl groups excluding tert-OH is 1. The smallest absolute Gasteiger partial charge is 0.326 e. The van der Waals surface area contributed by atoms with E-state index in [4.69, 9.17) is 17.2 Å². The highest BCUT2D eigenvalue weighted by Crippen LogP contribution is 2.21. The largest absolute Gasteiger partial charge is 0.480 e. The predicted molar refractivity (Wildman–Crippen MR) is 301 cm³/mol. The summed E-state index contributed by atoms with van der Waals surface area (Å²) in [6, 6.07) is -14.8. The number of aromatic amines is 1. The van der Waals surface area contributed by atoms with Gasteiger partial charge < -0.3 is 90.5 Å². The molecule has 84 heavy (non-hydrogen) atoms. The van der Waals surface area contributed by atoms with Gasteiger partial charge in [0.1, 0.15) is 60.4 Å². The van der Waals surface area contributed by atoms with Crippen LogP contribution in [-0.2, 0) is 73.5 Å². The van der Waals surface area contributed by atoms with Gasteiger partial charge in [-0.2, -0.15) is 11.8 Å². The van der Waals surface area contributed by atoms with Crippen molar-refractivity contribution in [3.05, 3.63) is 18.2 Å². The van der Waals surface area contributed by atoms with Gasteiger partial charge in [-0.05, 0) is 76.7 Å².